The molecule has 0 bridgehead atoms. The molecular weight excluding hydrogens is 314 g/mol. The monoisotopic (exact) mass is 335 g/mol. The summed E-state index contributed by atoms with van der Waals surface area (Å²) in [6, 6.07) is 9.56. The summed E-state index contributed by atoms with van der Waals surface area (Å²) >= 11 is 0. The van der Waals surface area contributed by atoms with Crippen LogP contribution in [0.2, 0.25) is 0 Å². The maximum absolute atomic E-state index is 12.3. The molecule has 5 atom stereocenters. The summed E-state index contributed by atoms with van der Waals surface area (Å²) in [7, 11) is 0. The van der Waals surface area contributed by atoms with Gasteiger partial charge < -0.3 is 29.3 Å². The molecule has 3 aliphatic rings. The number of hydrogen-bond acceptors (Lipinski definition) is 6. The van der Waals surface area contributed by atoms with Gasteiger partial charge in [0, 0.05) is 5.56 Å². The van der Waals surface area contributed by atoms with Crippen LogP contribution >= 0.6 is 0 Å². The molecule has 3 aliphatic heterocycles. The van der Waals surface area contributed by atoms with Crippen molar-refractivity contribution in [3.63, 3.8) is 0 Å². The van der Waals surface area contributed by atoms with Gasteiger partial charge in [0.25, 0.3) is 5.91 Å². The molecule has 0 aromatic heterocycles. The van der Waals surface area contributed by atoms with Crippen LogP contribution in [0.5, 0.6) is 0 Å². The van der Waals surface area contributed by atoms with Crippen LogP contribution in [0.1, 0.15) is 25.7 Å². The van der Waals surface area contributed by atoms with Gasteiger partial charge in [0.1, 0.15) is 17.8 Å². The average Bonchev–Trinajstić information content (AvgIpc) is 2.59. The highest BCUT2D eigenvalue weighted by atomic mass is 16.7. The Hall–Kier alpha value is -1.51. The van der Waals surface area contributed by atoms with Crippen molar-refractivity contribution < 1.29 is 29.2 Å². The molecule has 0 unspecified atom stereocenters. The van der Waals surface area contributed by atoms with Crippen molar-refractivity contribution in [1.82, 2.24) is 4.90 Å². The van der Waals surface area contributed by atoms with Crippen LogP contribution in [0.15, 0.2) is 30.3 Å². The van der Waals surface area contributed by atoms with Gasteiger partial charge in [0.05, 0.1) is 13.2 Å². The number of ether oxygens (including phenoxy) is 3. The number of fused-ring (bicyclic) bond motifs is 2. The third kappa shape index (κ3) is 2.13. The highest BCUT2D eigenvalue weighted by Gasteiger charge is 2.70. The quantitative estimate of drug-likeness (QED) is 0.749. The van der Waals surface area contributed by atoms with E-state index in [4.69, 9.17) is 14.2 Å². The molecule has 130 valence electrons. The van der Waals surface area contributed by atoms with Crippen molar-refractivity contribution in [3.8, 4) is 0 Å². The lowest BCUT2D eigenvalue weighted by Crippen LogP contribution is -2.85. The number of aliphatic hydroxyl groups is 2. The van der Waals surface area contributed by atoms with Gasteiger partial charge in [0.2, 0.25) is 5.60 Å². The Balaban J connectivity index is 1.50. The smallest absolute Gasteiger partial charge is 0.264 e. The minimum Gasteiger partial charge on any atom is -0.387 e. The van der Waals surface area contributed by atoms with Crippen LogP contribution in [0.4, 0.5) is 0 Å². The maximum Gasteiger partial charge on any atom is 0.264 e. The largest absolute Gasteiger partial charge is 0.387 e. The molecule has 1 aromatic rings. The van der Waals surface area contributed by atoms with Gasteiger partial charge in [-0.15, -0.1) is 0 Å². The second-order valence-electron chi connectivity index (χ2n) is 7.06. The Labute approximate surface area is 139 Å². The summed E-state index contributed by atoms with van der Waals surface area (Å²) in [4.78, 5) is 13.7. The average molecular weight is 335 g/mol. The van der Waals surface area contributed by atoms with E-state index in [1.165, 1.54) is 18.7 Å². The van der Waals surface area contributed by atoms with Gasteiger partial charge in [-0.3, -0.25) is 4.79 Å². The molecule has 0 spiro atoms. The third-order valence-corrected chi connectivity index (χ3v) is 5.04. The molecule has 1 aromatic carbocycles. The topological polar surface area (TPSA) is 88.5 Å². The number of carbonyl (C=O) groups is 1. The van der Waals surface area contributed by atoms with Crippen LogP contribution in [-0.4, -0.2) is 63.8 Å². The fraction of sp³-hybridized carbons (Fsp3) is 0.588. The Kier molecular flexibility index (Phi) is 3.49. The molecule has 24 heavy (non-hydrogen) atoms. The SMILES string of the molecule is CC(C)(O)[C@]1(O)C(=O)N2C[C@@H]3O[C@H](c4ccccc4)OC[C@H]3O[C@H]21. The molecule has 0 saturated carbocycles. The van der Waals surface area contributed by atoms with Gasteiger partial charge in [-0.05, 0) is 13.8 Å². The van der Waals surface area contributed by atoms with Gasteiger partial charge in [-0.1, -0.05) is 30.3 Å². The van der Waals surface area contributed by atoms with E-state index in [0.717, 1.165) is 5.56 Å². The number of rotatable bonds is 2. The first-order chi connectivity index (χ1) is 11.3. The zero-order valence-electron chi connectivity index (χ0n) is 13.6. The van der Waals surface area contributed by atoms with Crippen molar-refractivity contribution >= 4 is 5.91 Å². The number of benzene rings is 1. The predicted octanol–water partition coefficient (Wildman–Crippen LogP) is 0.170. The third-order valence-electron chi connectivity index (χ3n) is 5.04. The lowest BCUT2D eigenvalue weighted by atomic mass is 9.75. The molecule has 0 radical (unpaired) electrons. The number of nitrogens with zero attached hydrogens (tertiary/aromatic N) is 1. The molecule has 7 nitrogen and oxygen atoms in total. The van der Waals surface area contributed by atoms with E-state index in [1.54, 1.807) is 0 Å². The van der Waals surface area contributed by atoms with Crippen LogP contribution in [0, 0.1) is 0 Å². The molecule has 0 aliphatic carbocycles. The van der Waals surface area contributed by atoms with Gasteiger partial charge in [-0.2, -0.15) is 0 Å². The zero-order valence-corrected chi connectivity index (χ0v) is 13.6. The van der Waals surface area contributed by atoms with Gasteiger partial charge in [-0.25, -0.2) is 0 Å². The molecule has 7 heteroatoms. The minimum absolute atomic E-state index is 0.296. The molecular formula is C17H21NO6. The van der Waals surface area contributed by atoms with Crippen molar-refractivity contribution in [1.29, 1.82) is 0 Å². The Morgan fingerprint density at radius 1 is 1.21 bits per heavy atom. The van der Waals surface area contributed by atoms with Crippen molar-refractivity contribution in [3.05, 3.63) is 35.9 Å². The van der Waals surface area contributed by atoms with Crippen molar-refractivity contribution in [2.45, 2.75) is 49.8 Å². The van der Waals surface area contributed by atoms with E-state index in [-0.39, 0.29) is 6.10 Å². The van der Waals surface area contributed by atoms with E-state index in [9.17, 15) is 15.0 Å². The first-order valence-electron chi connectivity index (χ1n) is 8.05. The first-order valence-corrected chi connectivity index (χ1v) is 8.05. The highest BCUT2D eigenvalue weighted by Crippen LogP contribution is 2.45. The van der Waals surface area contributed by atoms with E-state index in [2.05, 4.69) is 0 Å². The van der Waals surface area contributed by atoms with Crippen LogP contribution in [0.3, 0.4) is 0 Å². The van der Waals surface area contributed by atoms with Crippen molar-refractivity contribution in [2.24, 2.45) is 0 Å². The van der Waals surface area contributed by atoms with E-state index in [1.807, 2.05) is 30.3 Å². The molecule has 3 fully saturated rings. The second-order valence-corrected chi connectivity index (χ2v) is 7.06. The van der Waals surface area contributed by atoms with Crippen LogP contribution in [0.25, 0.3) is 0 Å². The summed E-state index contributed by atoms with van der Waals surface area (Å²) in [5.41, 5.74) is -2.63. The Morgan fingerprint density at radius 2 is 1.92 bits per heavy atom. The van der Waals surface area contributed by atoms with Crippen LogP contribution < -0.4 is 0 Å². The molecule has 4 rings (SSSR count). The number of hydrogen-bond donors (Lipinski definition) is 2. The number of β-lactam (4-membered cyclic amide) rings is 1. The molecule has 3 heterocycles. The number of amides is 1. The fourth-order valence-electron chi connectivity index (χ4n) is 3.51. The maximum atomic E-state index is 12.3. The molecule has 3 saturated heterocycles. The van der Waals surface area contributed by atoms with E-state index >= 15 is 0 Å². The lowest BCUT2D eigenvalue weighted by molar-refractivity contribution is -0.361. The zero-order chi connectivity index (χ0) is 17.1. The summed E-state index contributed by atoms with van der Waals surface area (Å²) in [5, 5.41) is 20.7. The van der Waals surface area contributed by atoms with E-state index < -0.39 is 35.7 Å². The molecule has 1 amide bonds. The number of carbonyl (C=O) groups excluding carboxylic acids is 1. The second kappa shape index (κ2) is 5.24. The summed E-state index contributed by atoms with van der Waals surface area (Å²) in [6.45, 7) is 3.40. The van der Waals surface area contributed by atoms with Crippen LogP contribution in [-0.2, 0) is 19.0 Å². The minimum atomic E-state index is -1.94. The Bertz CT molecular complexity index is 644. The fourth-order valence-corrected chi connectivity index (χ4v) is 3.51. The van der Waals surface area contributed by atoms with Gasteiger partial charge in [0.15, 0.2) is 12.5 Å². The van der Waals surface area contributed by atoms with Crippen molar-refractivity contribution in [2.75, 3.05) is 13.2 Å². The van der Waals surface area contributed by atoms with Gasteiger partial charge >= 0.3 is 0 Å². The summed E-state index contributed by atoms with van der Waals surface area (Å²) in [5.74, 6) is -0.537. The standard InChI is InChI=1S/C17H21NO6/c1-16(2,20)17(21)14(19)18-8-11-12(24-15(17)18)9-22-13(23-11)10-6-4-3-5-7-10/h3-7,11-13,15,20-21H,8-9H2,1-2H3/t11-,12+,13+,15-,17-/m0/s1. The Morgan fingerprint density at radius 3 is 2.58 bits per heavy atom. The predicted molar refractivity (Wildman–Crippen MR) is 81.6 cm³/mol. The van der Waals surface area contributed by atoms with E-state index in [0.29, 0.717) is 13.2 Å². The normalized spacial score (nSPS) is 39.0. The highest BCUT2D eigenvalue weighted by molar-refractivity contribution is 5.93. The summed E-state index contributed by atoms with van der Waals surface area (Å²) < 4.78 is 17.5. The molecule has 2 N–H and O–H groups in total. The summed E-state index contributed by atoms with van der Waals surface area (Å²) in [6.07, 6.45) is -2.12. The lowest BCUT2D eigenvalue weighted by Gasteiger charge is -2.61. The first kappa shape index (κ1) is 16.0.